The molecule has 6 unspecified atom stereocenters. The van der Waals surface area contributed by atoms with Crippen molar-refractivity contribution in [2.45, 2.75) is 82.5 Å². The van der Waals surface area contributed by atoms with Crippen LogP contribution in [0.2, 0.25) is 0 Å². The summed E-state index contributed by atoms with van der Waals surface area (Å²) in [5, 5.41) is 0. The van der Waals surface area contributed by atoms with Crippen molar-refractivity contribution in [1.82, 2.24) is 0 Å². The van der Waals surface area contributed by atoms with Gasteiger partial charge in [-0.3, -0.25) is 0 Å². The van der Waals surface area contributed by atoms with Crippen molar-refractivity contribution < 1.29 is 0 Å². The van der Waals surface area contributed by atoms with E-state index < -0.39 is 0 Å². The number of hydrogen-bond acceptors (Lipinski definition) is 1. The van der Waals surface area contributed by atoms with Crippen molar-refractivity contribution in [1.29, 1.82) is 0 Å². The van der Waals surface area contributed by atoms with Gasteiger partial charge in [0.1, 0.15) is 0 Å². The maximum absolute atomic E-state index is 2.60. The van der Waals surface area contributed by atoms with Crippen LogP contribution in [0.1, 0.15) is 88.5 Å². The Bertz CT molecular complexity index is 2530. The van der Waals surface area contributed by atoms with Gasteiger partial charge in [0.2, 0.25) is 0 Å². The van der Waals surface area contributed by atoms with Gasteiger partial charge in [0, 0.05) is 22.5 Å². The van der Waals surface area contributed by atoms with Crippen LogP contribution in [0.15, 0.2) is 140 Å². The van der Waals surface area contributed by atoms with E-state index in [2.05, 4.69) is 172 Å². The van der Waals surface area contributed by atoms with Crippen molar-refractivity contribution in [3.05, 3.63) is 162 Å². The van der Waals surface area contributed by atoms with E-state index in [1.807, 2.05) is 0 Å². The van der Waals surface area contributed by atoms with Gasteiger partial charge in [0.25, 0.3) is 0 Å². The Labute approximate surface area is 327 Å². The Kier molecular flexibility index (Phi) is 6.42. The van der Waals surface area contributed by atoms with Gasteiger partial charge in [-0.05, 0) is 170 Å². The van der Waals surface area contributed by atoms with Crippen LogP contribution in [0.25, 0.3) is 33.4 Å². The van der Waals surface area contributed by atoms with Crippen LogP contribution in [0.5, 0.6) is 0 Å². The molecule has 0 aliphatic heterocycles. The number of fused-ring (bicyclic) bond motifs is 9. The highest BCUT2D eigenvalue weighted by atomic mass is 15.1. The van der Waals surface area contributed by atoms with Crippen molar-refractivity contribution >= 4 is 17.1 Å². The topological polar surface area (TPSA) is 3.24 Å². The molecule has 1 heteroatoms. The number of hydrogen-bond donors (Lipinski definition) is 0. The summed E-state index contributed by atoms with van der Waals surface area (Å²) in [7, 11) is 0. The largest absolute Gasteiger partial charge is 0.310 e. The molecule has 1 nitrogen and oxygen atoms in total. The second kappa shape index (κ2) is 10.9. The Morgan fingerprint density at radius 1 is 0.473 bits per heavy atom. The van der Waals surface area contributed by atoms with Gasteiger partial charge in [-0.1, -0.05) is 131 Å². The molecule has 0 saturated heterocycles. The second-order valence-electron chi connectivity index (χ2n) is 19.6. The molecule has 4 saturated carbocycles. The lowest BCUT2D eigenvalue weighted by Crippen LogP contribution is -2.73. The highest BCUT2D eigenvalue weighted by Gasteiger charge is 2.84. The van der Waals surface area contributed by atoms with Gasteiger partial charge < -0.3 is 4.90 Å². The third-order valence-electron chi connectivity index (χ3n) is 16.4. The molecule has 6 aliphatic carbocycles. The van der Waals surface area contributed by atoms with Gasteiger partial charge in [-0.2, -0.15) is 0 Å². The van der Waals surface area contributed by atoms with Gasteiger partial charge in [-0.25, -0.2) is 0 Å². The highest BCUT2D eigenvalue weighted by molar-refractivity contribution is 5.95. The van der Waals surface area contributed by atoms with E-state index in [-0.39, 0.29) is 16.2 Å². The minimum absolute atomic E-state index is 0.115. The zero-order valence-corrected chi connectivity index (χ0v) is 32.8. The predicted molar refractivity (Wildman–Crippen MR) is 228 cm³/mol. The fraction of sp³-hybridized carbons (Fsp3) is 0.333. The Hall–Kier alpha value is -4.88. The monoisotopic (exact) mass is 713 g/mol. The molecule has 0 heterocycles. The van der Waals surface area contributed by atoms with Gasteiger partial charge in [0.15, 0.2) is 0 Å². The number of anilines is 3. The molecule has 6 aliphatic rings. The fourth-order valence-electron chi connectivity index (χ4n) is 14.0. The molecule has 6 aromatic carbocycles. The van der Waals surface area contributed by atoms with Crippen LogP contribution in [0.4, 0.5) is 17.1 Å². The molecule has 0 amide bonds. The van der Waals surface area contributed by atoms with Crippen molar-refractivity contribution in [2.24, 2.45) is 29.1 Å². The van der Waals surface area contributed by atoms with Crippen LogP contribution in [-0.2, 0) is 16.2 Å². The highest BCUT2D eigenvalue weighted by Crippen LogP contribution is 2.90. The van der Waals surface area contributed by atoms with E-state index in [1.54, 1.807) is 11.1 Å². The first kappa shape index (κ1) is 32.4. The minimum atomic E-state index is 0.115. The Balaban J connectivity index is 1.11. The number of nitrogens with zero attached hydrogens (tertiary/aromatic N) is 1. The van der Waals surface area contributed by atoms with E-state index >= 15 is 0 Å². The lowest BCUT2D eigenvalue weighted by molar-refractivity contribution is -0.231. The zero-order chi connectivity index (χ0) is 36.9. The third-order valence-corrected chi connectivity index (χ3v) is 16.4. The second-order valence-corrected chi connectivity index (χ2v) is 19.6. The lowest BCUT2D eigenvalue weighted by Gasteiger charge is -2.76. The predicted octanol–water partition coefficient (Wildman–Crippen LogP) is 14.2. The van der Waals surface area contributed by atoms with Crippen molar-refractivity contribution in [3.8, 4) is 33.4 Å². The van der Waals surface area contributed by atoms with Gasteiger partial charge in [0.05, 0.1) is 0 Å². The summed E-state index contributed by atoms with van der Waals surface area (Å²) in [6.45, 7) is 9.78. The van der Waals surface area contributed by atoms with Crippen molar-refractivity contribution in [2.75, 3.05) is 4.90 Å². The molecule has 4 fully saturated rings. The zero-order valence-electron chi connectivity index (χ0n) is 32.8. The maximum atomic E-state index is 2.60. The van der Waals surface area contributed by atoms with E-state index in [0.717, 1.165) is 23.7 Å². The lowest BCUT2D eigenvalue weighted by atomic mass is 9.26. The Morgan fingerprint density at radius 3 is 1.84 bits per heavy atom. The molecule has 0 aromatic heterocycles. The molecule has 272 valence electrons. The molecule has 55 heavy (non-hydrogen) atoms. The molecule has 0 radical (unpaired) electrons. The quantitative estimate of drug-likeness (QED) is 0.172. The van der Waals surface area contributed by atoms with Crippen LogP contribution >= 0.6 is 0 Å². The first-order chi connectivity index (χ1) is 26.7. The molecular weight excluding hydrogens is 663 g/mol. The summed E-state index contributed by atoms with van der Waals surface area (Å²) < 4.78 is 0. The summed E-state index contributed by atoms with van der Waals surface area (Å²) in [5.74, 6) is 3.44. The molecule has 6 atom stereocenters. The maximum Gasteiger partial charge on any atom is 0.0474 e. The van der Waals surface area contributed by atoms with E-state index in [9.17, 15) is 0 Å². The first-order valence-corrected chi connectivity index (χ1v) is 21.1. The van der Waals surface area contributed by atoms with Crippen LogP contribution in [0, 0.1) is 29.1 Å². The third kappa shape index (κ3) is 4.10. The normalized spacial score (nSPS) is 29.1. The van der Waals surface area contributed by atoms with Crippen LogP contribution in [0.3, 0.4) is 0 Å². The molecular formula is C54H51N. The summed E-state index contributed by atoms with van der Waals surface area (Å²) in [6.07, 6.45) is 8.23. The minimum Gasteiger partial charge on any atom is -0.310 e. The molecule has 12 rings (SSSR count). The summed E-state index contributed by atoms with van der Waals surface area (Å²) >= 11 is 0. The smallest absolute Gasteiger partial charge is 0.0474 e. The first-order valence-electron chi connectivity index (χ1n) is 21.1. The fourth-order valence-corrected chi connectivity index (χ4v) is 14.0. The SMILES string of the molecule is CC1(C)CCC(C)(C)c2cc(N(c3ccc(-c4ccccc4)cc3)c3cc(-c4ccccc4)c4c(c3)-c3ccccc3C43C4CC5CC6CC3C64C5)ccc21. The average molecular weight is 714 g/mol. The van der Waals surface area contributed by atoms with E-state index in [0.29, 0.717) is 5.41 Å². The van der Waals surface area contributed by atoms with E-state index in [4.69, 9.17) is 0 Å². The van der Waals surface area contributed by atoms with Crippen molar-refractivity contribution in [3.63, 3.8) is 0 Å². The summed E-state index contributed by atoms with van der Waals surface area (Å²) in [4.78, 5) is 2.58. The van der Waals surface area contributed by atoms with Gasteiger partial charge >= 0.3 is 0 Å². The standard InChI is InChI=1S/C54H51N/c1-51(2)25-26-52(3,4)47-32-40(23-24-46(47)51)55(39-21-19-36(20-22-39)35-13-7-5-8-14-35)41-30-43(37-15-9-6-10-16-37)50-44(31-41)42-17-11-12-18-45(42)54(50)48-28-34-27-38-29-49(54)53(38,48)33-34/h5-24,30-32,34,38,48-49H,25-29,33H2,1-4H3. The summed E-state index contributed by atoms with van der Waals surface area (Å²) in [6, 6.07) is 53.8. The number of benzene rings is 6. The van der Waals surface area contributed by atoms with E-state index in [1.165, 1.54) is 100 Å². The molecule has 2 spiro atoms. The molecule has 2 bridgehead atoms. The molecule has 0 N–H and O–H groups in total. The summed E-state index contributed by atoms with van der Waals surface area (Å²) in [5.41, 5.74) is 19.2. The molecule has 6 aromatic rings. The van der Waals surface area contributed by atoms with Gasteiger partial charge in [-0.15, -0.1) is 0 Å². The Morgan fingerprint density at radius 2 is 1.09 bits per heavy atom. The number of rotatable bonds is 5. The average Bonchev–Trinajstić information content (AvgIpc) is 3.85. The van der Waals surface area contributed by atoms with Crippen LogP contribution < -0.4 is 4.90 Å². The van der Waals surface area contributed by atoms with Crippen LogP contribution in [-0.4, -0.2) is 0 Å².